The van der Waals surface area contributed by atoms with E-state index >= 15 is 0 Å². The molecule has 2 rings (SSSR count). The van der Waals surface area contributed by atoms with Gasteiger partial charge in [0.25, 0.3) is 0 Å². The molecule has 7 heteroatoms. The van der Waals surface area contributed by atoms with Gasteiger partial charge in [-0.05, 0) is 25.0 Å². The molecule has 0 aliphatic carbocycles. The van der Waals surface area contributed by atoms with E-state index in [-0.39, 0.29) is 17.5 Å². The van der Waals surface area contributed by atoms with Crippen molar-refractivity contribution in [2.75, 3.05) is 13.1 Å². The van der Waals surface area contributed by atoms with Crippen LogP contribution in [-0.4, -0.2) is 31.9 Å². The molecule has 0 spiro atoms. The van der Waals surface area contributed by atoms with Crippen LogP contribution in [0.1, 0.15) is 24.8 Å². The molecule has 0 saturated carbocycles. The van der Waals surface area contributed by atoms with Crippen LogP contribution in [0.4, 0.5) is 4.39 Å². The molecule has 2 N–H and O–H groups in total. The smallest absolute Gasteiger partial charge is 0.244 e. The summed E-state index contributed by atoms with van der Waals surface area (Å²) in [6.07, 6.45) is 2.35. The van der Waals surface area contributed by atoms with Gasteiger partial charge in [0.15, 0.2) is 0 Å². The molecule has 20 heavy (non-hydrogen) atoms. The van der Waals surface area contributed by atoms with Gasteiger partial charge in [0.2, 0.25) is 10.0 Å². The quantitative estimate of drug-likeness (QED) is 0.908. The molecular formula is C13H16FN3O2S. The van der Waals surface area contributed by atoms with Crippen molar-refractivity contribution < 1.29 is 12.8 Å². The third kappa shape index (κ3) is 2.54. The lowest BCUT2D eigenvalue weighted by Crippen LogP contribution is -2.47. The fourth-order valence-corrected chi connectivity index (χ4v) is 4.34. The van der Waals surface area contributed by atoms with Crippen molar-refractivity contribution in [3.63, 3.8) is 0 Å². The van der Waals surface area contributed by atoms with Gasteiger partial charge in [-0.2, -0.15) is 9.57 Å². The number of halogens is 1. The normalized spacial score (nSPS) is 20.6. The maximum atomic E-state index is 13.6. The fraction of sp³-hybridized carbons (Fsp3) is 0.462. The molecule has 1 fully saturated rings. The molecular weight excluding hydrogens is 281 g/mol. The Morgan fingerprint density at radius 1 is 1.45 bits per heavy atom. The minimum atomic E-state index is -3.90. The topological polar surface area (TPSA) is 87.2 Å². The van der Waals surface area contributed by atoms with Crippen molar-refractivity contribution in [3.8, 4) is 6.07 Å². The van der Waals surface area contributed by atoms with Crippen molar-refractivity contribution in [1.29, 1.82) is 5.26 Å². The first-order valence-corrected chi connectivity index (χ1v) is 7.87. The highest BCUT2D eigenvalue weighted by Gasteiger charge is 2.34. The summed E-state index contributed by atoms with van der Waals surface area (Å²) in [6, 6.07) is 4.98. The van der Waals surface area contributed by atoms with E-state index in [9.17, 15) is 12.8 Å². The SMILES string of the molecule is N#Cc1c(F)cccc1S(=O)(=O)N1CCCCC1CN. The second-order valence-corrected chi connectivity index (χ2v) is 6.58. The molecule has 0 radical (unpaired) electrons. The minimum absolute atomic E-state index is 0.219. The van der Waals surface area contributed by atoms with E-state index in [4.69, 9.17) is 11.0 Å². The molecule has 1 aromatic carbocycles. The van der Waals surface area contributed by atoms with Gasteiger partial charge in [0.1, 0.15) is 22.3 Å². The van der Waals surface area contributed by atoms with Crippen LogP contribution >= 0.6 is 0 Å². The highest BCUT2D eigenvalue weighted by molar-refractivity contribution is 7.89. The van der Waals surface area contributed by atoms with Crippen LogP contribution in [0.5, 0.6) is 0 Å². The third-order valence-electron chi connectivity index (χ3n) is 3.52. The Bertz CT molecular complexity index is 640. The van der Waals surface area contributed by atoms with Gasteiger partial charge in [0.05, 0.1) is 0 Å². The summed E-state index contributed by atoms with van der Waals surface area (Å²) in [5.41, 5.74) is 5.19. The Morgan fingerprint density at radius 3 is 2.85 bits per heavy atom. The van der Waals surface area contributed by atoms with Gasteiger partial charge in [-0.15, -0.1) is 0 Å². The van der Waals surface area contributed by atoms with Crippen LogP contribution in [0.2, 0.25) is 0 Å². The van der Waals surface area contributed by atoms with E-state index in [1.807, 2.05) is 0 Å². The highest BCUT2D eigenvalue weighted by Crippen LogP contribution is 2.27. The summed E-state index contributed by atoms with van der Waals surface area (Å²) in [5.74, 6) is -0.824. The van der Waals surface area contributed by atoms with Crippen molar-refractivity contribution >= 4 is 10.0 Å². The van der Waals surface area contributed by atoms with E-state index < -0.39 is 21.4 Å². The number of sulfonamides is 1. The van der Waals surface area contributed by atoms with Crippen molar-refractivity contribution in [2.45, 2.75) is 30.2 Å². The van der Waals surface area contributed by atoms with Crippen LogP contribution in [0.3, 0.4) is 0 Å². The number of hydrogen-bond donors (Lipinski definition) is 1. The summed E-state index contributed by atoms with van der Waals surface area (Å²) in [6.45, 7) is 0.571. The summed E-state index contributed by atoms with van der Waals surface area (Å²) in [7, 11) is -3.90. The zero-order chi connectivity index (χ0) is 14.8. The number of benzene rings is 1. The van der Waals surface area contributed by atoms with Crippen LogP contribution in [0, 0.1) is 17.1 Å². The first-order chi connectivity index (χ1) is 9.52. The summed E-state index contributed by atoms with van der Waals surface area (Å²) in [4.78, 5) is -0.277. The predicted molar refractivity (Wildman–Crippen MR) is 71.7 cm³/mol. The van der Waals surface area contributed by atoms with Crippen molar-refractivity contribution in [1.82, 2.24) is 4.31 Å². The second kappa shape index (κ2) is 5.87. The number of rotatable bonds is 3. The summed E-state index contributed by atoms with van der Waals surface area (Å²) < 4.78 is 40.2. The highest BCUT2D eigenvalue weighted by atomic mass is 32.2. The van der Waals surface area contributed by atoms with Gasteiger partial charge >= 0.3 is 0 Å². The number of hydrogen-bond acceptors (Lipinski definition) is 4. The number of nitrogens with two attached hydrogens (primary N) is 1. The Labute approximate surface area is 117 Å². The monoisotopic (exact) mass is 297 g/mol. The molecule has 1 unspecified atom stereocenters. The molecule has 5 nitrogen and oxygen atoms in total. The van der Waals surface area contributed by atoms with Gasteiger partial charge in [-0.1, -0.05) is 12.5 Å². The lowest BCUT2D eigenvalue weighted by Gasteiger charge is -2.34. The summed E-state index contributed by atoms with van der Waals surface area (Å²) >= 11 is 0. The van der Waals surface area contributed by atoms with E-state index in [0.717, 1.165) is 18.9 Å². The largest absolute Gasteiger partial charge is 0.329 e. The van der Waals surface area contributed by atoms with E-state index in [1.54, 1.807) is 6.07 Å². The molecule has 1 heterocycles. The summed E-state index contributed by atoms with van der Waals surface area (Å²) in [5, 5.41) is 8.99. The number of nitrogens with zero attached hydrogens (tertiary/aromatic N) is 2. The molecule has 108 valence electrons. The lowest BCUT2D eigenvalue weighted by atomic mass is 10.1. The second-order valence-electron chi connectivity index (χ2n) is 4.73. The average molecular weight is 297 g/mol. The van der Waals surface area contributed by atoms with Crippen LogP contribution in [0.15, 0.2) is 23.1 Å². The van der Waals surface area contributed by atoms with Gasteiger partial charge in [-0.25, -0.2) is 12.8 Å². The molecule has 1 aliphatic heterocycles. The molecule has 0 bridgehead atoms. The molecule has 1 aromatic rings. The Balaban J connectivity index is 2.50. The van der Waals surface area contributed by atoms with Crippen LogP contribution < -0.4 is 5.73 Å². The zero-order valence-corrected chi connectivity index (χ0v) is 11.7. The first kappa shape index (κ1) is 14.9. The number of nitriles is 1. The number of piperidine rings is 1. The van der Waals surface area contributed by atoms with Crippen LogP contribution in [0.25, 0.3) is 0 Å². The Morgan fingerprint density at radius 2 is 2.20 bits per heavy atom. The first-order valence-electron chi connectivity index (χ1n) is 6.43. The van der Waals surface area contributed by atoms with Gasteiger partial charge in [-0.3, -0.25) is 0 Å². The van der Waals surface area contributed by atoms with Crippen molar-refractivity contribution in [3.05, 3.63) is 29.6 Å². The van der Waals surface area contributed by atoms with Gasteiger partial charge < -0.3 is 5.73 Å². The average Bonchev–Trinajstić information content (AvgIpc) is 2.46. The minimum Gasteiger partial charge on any atom is -0.329 e. The van der Waals surface area contributed by atoms with Crippen LogP contribution in [-0.2, 0) is 10.0 Å². The van der Waals surface area contributed by atoms with Gasteiger partial charge in [0, 0.05) is 19.1 Å². The molecule has 0 aromatic heterocycles. The van der Waals surface area contributed by atoms with E-state index in [1.165, 1.54) is 16.4 Å². The van der Waals surface area contributed by atoms with Crippen molar-refractivity contribution in [2.24, 2.45) is 5.73 Å². The zero-order valence-electron chi connectivity index (χ0n) is 10.9. The predicted octanol–water partition coefficient (Wildman–Crippen LogP) is 1.20. The van der Waals surface area contributed by atoms with E-state index in [0.29, 0.717) is 13.0 Å². The Kier molecular flexibility index (Phi) is 4.38. The maximum absolute atomic E-state index is 13.6. The fourth-order valence-electron chi connectivity index (χ4n) is 2.48. The Hall–Kier alpha value is -1.49. The standard InChI is InChI=1S/C13H16FN3O2S/c14-12-5-3-6-13(11(12)9-16)20(18,19)17-7-2-1-4-10(17)8-15/h3,5-6,10H,1-2,4,7-8,15H2. The molecule has 0 amide bonds. The molecule has 1 atom stereocenters. The third-order valence-corrected chi connectivity index (χ3v) is 5.51. The maximum Gasteiger partial charge on any atom is 0.244 e. The molecule has 1 aliphatic rings. The lowest BCUT2D eigenvalue weighted by molar-refractivity contribution is 0.257. The molecule has 1 saturated heterocycles. The van der Waals surface area contributed by atoms with E-state index in [2.05, 4.69) is 0 Å².